The van der Waals surface area contributed by atoms with E-state index in [1.807, 2.05) is 19.1 Å². The highest BCUT2D eigenvalue weighted by Crippen LogP contribution is 2.36. The molecule has 0 aromatic heterocycles. The quantitative estimate of drug-likeness (QED) is 0.633. The predicted molar refractivity (Wildman–Crippen MR) is 97.6 cm³/mol. The molecule has 0 aliphatic carbocycles. The Labute approximate surface area is 144 Å². The molecule has 3 rings (SSSR count). The van der Waals surface area contributed by atoms with Crippen LogP contribution in [0.15, 0.2) is 36.4 Å². The Bertz CT molecular complexity index is 682. The van der Waals surface area contributed by atoms with Crippen LogP contribution < -0.4 is 0 Å². The van der Waals surface area contributed by atoms with Crippen LogP contribution in [0.2, 0.25) is 0 Å². The summed E-state index contributed by atoms with van der Waals surface area (Å²) in [5.41, 5.74) is 4.69. The van der Waals surface area contributed by atoms with Crippen LogP contribution in [0.4, 0.5) is 4.39 Å². The summed E-state index contributed by atoms with van der Waals surface area (Å²) in [6.45, 7) is 6.90. The molecule has 24 heavy (non-hydrogen) atoms. The summed E-state index contributed by atoms with van der Waals surface area (Å²) in [7, 11) is 0. The summed E-state index contributed by atoms with van der Waals surface area (Å²) in [6.07, 6.45) is 4.36. The minimum absolute atomic E-state index is 0.0936. The first-order valence-electron chi connectivity index (χ1n) is 9.07. The Hall–Kier alpha value is -1.67. The first kappa shape index (κ1) is 17.2. The molecule has 2 unspecified atom stereocenters. The van der Waals surface area contributed by atoms with E-state index in [-0.39, 0.29) is 11.9 Å². The van der Waals surface area contributed by atoms with E-state index in [9.17, 15) is 4.39 Å². The van der Waals surface area contributed by atoms with E-state index in [0.717, 1.165) is 41.7 Å². The summed E-state index contributed by atoms with van der Waals surface area (Å²) < 4.78 is 21.0. The van der Waals surface area contributed by atoms with Gasteiger partial charge in [0, 0.05) is 5.56 Å². The topological polar surface area (TPSA) is 9.23 Å². The number of hydrogen-bond acceptors (Lipinski definition) is 1. The van der Waals surface area contributed by atoms with E-state index in [0.29, 0.717) is 5.92 Å². The minimum atomic E-state index is -0.105. The molecule has 2 aromatic carbocycles. The molecule has 1 nitrogen and oxygen atoms in total. The number of benzene rings is 2. The van der Waals surface area contributed by atoms with E-state index >= 15 is 0 Å². The van der Waals surface area contributed by atoms with Gasteiger partial charge in [0.2, 0.25) is 0 Å². The van der Waals surface area contributed by atoms with Gasteiger partial charge >= 0.3 is 0 Å². The molecule has 128 valence electrons. The molecule has 2 aromatic rings. The van der Waals surface area contributed by atoms with Gasteiger partial charge in [-0.2, -0.15) is 0 Å². The lowest BCUT2D eigenvalue weighted by molar-refractivity contribution is -0.0212. The van der Waals surface area contributed by atoms with Crippen LogP contribution in [0.5, 0.6) is 0 Å². The Balaban J connectivity index is 1.82. The maximum atomic E-state index is 15.0. The zero-order valence-electron chi connectivity index (χ0n) is 14.9. The fraction of sp³-hybridized carbons (Fsp3) is 0.455. The minimum Gasteiger partial charge on any atom is -0.373 e. The fourth-order valence-electron chi connectivity index (χ4n) is 3.69. The molecule has 0 radical (unpaired) electrons. The molecule has 0 saturated carbocycles. The number of halogens is 1. The van der Waals surface area contributed by atoms with Gasteiger partial charge in [-0.05, 0) is 55.7 Å². The Morgan fingerprint density at radius 2 is 1.79 bits per heavy atom. The van der Waals surface area contributed by atoms with Crippen LogP contribution in [0.1, 0.15) is 55.4 Å². The lowest BCUT2D eigenvalue weighted by atomic mass is 9.89. The first-order valence-corrected chi connectivity index (χ1v) is 9.07. The number of hydrogen-bond donors (Lipinski definition) is 0. The summed E-state index contributed by atoms with van der Waals surface area (Å²) in [5.74, 6) is 0.536. The molecule has 1 aliphatic heterocycles. The Kier molecular flexibility index (Phi) is 5.35. The van der Waals surface area contributed by atoms with E-state index in [1.165, 1.54) is 18.4 Å². The summed E-state index contributed by atoms with van der Waals surface area (Å²) >= 11 is 0. The molecule has 2 heteroatoms. The van der Waals surface area contributed by atoms with Crippen molar-refractivity contribution in [2.45, 2.75) is 52.6 Å². The van der Waals surface area contributed by atoms with E-state index < -0.39 is 0 Å². The van der Waals surface area contributed by atoms with Crippen LogP contribution in [0.25, 0.3) is 11.1 Å². The molecular weight excluding hydrogens is 299 g/mol. The molecule has 0 N–H and O–H groups in total. The number of rotatable bonds is 4. The third-order valence-corrected chi connectivity index (χ3v) is 5.19. The van der Waals surface area contributed by atoms with Crippen molar-refractivity contribution in [1.82, 2.24) is 0 Å². The number of aryl methyl sites for hydroxylation is 1. The Morgan fingerprint density at radius 3 is 2.42 bits per heavy atom. The monoisotopic (exact) mass is 326 g/mol. The van der Waals surface area contributed by atoms with Gasteiger partial charge in [-0.3, -0.25) is 0 Å². The summed E-state index contributed by atoms with van der Waals surface area (Å²) in [5, 5.41) is 0. The van der Waals surface area contributed by atoms with E-state index in [2.05, 4.69) is 38.1 Å². The lowest BCUT2D eigenvalue weighted by Crippen LogP contribution is -2.21. The fourth-order valence-corrected chi connectivity index (χ4v) is 3.69. The normalized spacial score (nSPS) is 21.0. The van der Waals surface area contributed by atoms with Gasteiger partial charge in [0.1, 0.15) is 5.82 Å². The second-order valence-corrected chi connectivity index (χ2v) is 7.06. The van der Waals surface area contributed by atoms with Crippen molar-refractivity contribution in [1.29, 1.82) is 0 Å². The highest BCUT2D eigenvalue weighted by atomic mass is 19.1. The van der Waals surface area contributed by atoms with Gasteiger partial charge in [0.25, 0.3) is 0 Å². The van der Waals surface area contributed by atoms with Crippen LogP contribution in [-0.4, -0.2) is 6.61 Å². The zero-order valence-corrected chi connectivity index (χ0v) is 14.9. The maximum absolute atomic E-state index is 15.0. The van der Waals surface area contributed by atoms with Gasteiger partial charge in [-0.25, -0.2) is 4.39 Å². The summed E-state index contributed by atoms with van der Waals surface area (Å²) in [6, 6.07) is 12.2. The number of ether oxygens (including phenoxy) is 1. The molecule has 1 saturated heterocycles. The van der Waals surface area contributed by atoms with Gasteiger partial charge in [0.05, 0.1) is 12.7 Å². The van der Waals surface area contributed by atoms with Crippen molar-refractivity contribution < 1.29 is 9.13 Å². The van der Waals surface area contributed by atoms with Crippen LogP contribution in [-0.2, 0) is 4.74 Å². The van der Waals surface area contributed by atoms with Crippen LogP contribution in [0.3, 0.4) is 0 Å². The molecule has 0 spiro atoms. The van der Waals surface area contributed by atoms with Crippen LogP contribution >= 0.6 is 0 Å². The third kappa shape index (κ3) is 3.54. The predicted octanol–water partition coefficient (Wildman–Crippen LogP) is 6.38. The van der Waals surface area contributed by atoms with Gasteiger partial charge < -0.3 is 4.74 Å². The van der Waals surface area contributed by atoms with Crippen LogP contribution in [0, 0.1) is 25.6 Å². The van der Waals surface area contributed by atoms with Crippen molar-refractivity contribution >= 4 is 0 Å². The highest BCUT2D eigenvalue weighted by Gasteiger charge is 2.25. The molecule has 0 bridgehead atoms. The summed E-state index contributed by atoms with van der Waals surface area (Å²) in [4.78, 5) is 0. The second-order valence-electron chi connectivity index (χ2n) is 7.06. The average Bonchev–Trinajstić information content (AvgIpc) is 2.59. The third-order valence-electron chi connectivity index (χ3n) is 5.19. The lowest BCUT2D eigenvalue weighted by Gasteiger charge is -2.30. The average molecular weight is 326 g/mol. The largest absolute Gasteiger partial charge is 0.373 e. The zero-order chi connectivity index (χ0) is 17.1. The second kappa shape index (κ2) is 7.48. The highest BCUT2D eigenvalue weighted by molar-refractivity contribution is 5.68. The van der Waals surface area contributed by atoms with Gasteiger partial charge in [-0.15, -0.1) is 0 Å². The van der Waals surface area contributed by atoms with Gasteiger partial charge in [-0.1, -0.05) is 55.3 Å². The van der Waals surface area contributed by atoms with Crippen molar-refractivity contribution in [2.75, 3.05) is 6.61 Å². The molecule has 1 fully saturated rings. The molecule has 0 amide bonds. The molecular formula is C22H27FO. The molecule has 2 atom stereocenters. The SMILES string of the molecule is CCCC1CCC(c2ccc(-c3ccc(C)cc3)c(C)c2F)OC1. The van der Waals surface area contributed by atoms with Crippen molar-refractivity contribution in [3.8, 4) is 11.1 Å². The Morgan fingerprint density at radius 1 is 1.04 bits per heavy atom. The van der Waals surface area contributed by atoms with Crippen molar-refractivity contribution in [2.24, 2.45) is 5.92 Å². The first-order chi connectivity index (χ1) is 11.6. The maximum Gasteiger partial charge on any atom is 0.132 e. The van der Waals surface area contributed by atoms with Crippen molar-refractivity contribution in [3.05, 3.63) is 58.9 Å². The van der Waals surface area contributed by atoms with Crippen molar-refractivity contribution in [3.63, 3.8) is 0 Å². The smallest absolute Gasteiger partial charge is 0.132 e. The van der Waals surface area contributed by atoms with E-state index in [4.69, 9.17) is 4.74 Å². The van der Waals surface area contributed by atoms with Gasteiger partial charge in [0.15, 0.2) is 0 Å². The standard InChI is InChI=1S/C22H27FO/c1-4-5-17-8-13-21(24-14-17)20-12-11-19(16(3)22(20)23)18-9-6-15(2)7-10-18/h6-7,9-12,17,21H,4-5,8,13-14H2,1-3H3. The molecule has 1 aliphatic rings. The molecule has 1 heterocycles. The van der Waals surface area contributed by atoms with E-state index in [1.54, 1.807) is 0 Å².